The zero-order valence-electron chi connectivity index (χ0n) is 17.7. The zero-order valence-corrected chi connectivity index (χ0v) is 19.3. The van der Waals surface area contributed by atoms with Crippen LogP contribution in [0.4, 0.5) is 5.69 Å². The van der Waals surface area contributed by atoms with Gasteiger partial charge in [-0.2, -0.15) is 0 Å². The van der Waals surface area contributed by atoms with Crippen LogP contribution in [0.3, 0.4) is 0 Å². The van der Waals surface area contributed by atoms with E-state index in [9.17, 15) is 8.42 Å². The predicted molar refractivity (Wildman–Crippen MR) is 123 cm³/mol. The van der Waals surface area contributed by atoms with Gasteiger partial charge in [0.15, 0.2) is 0 Å². The number of anilines is 1. The first kappa shape index (κ1) is 21.5. The van der Waals surface area contributed by atoms with Gasteiger partial charge in [0, 0.05) is 35.8 Å². The molecular formula is C23H30N2O3S2. The molecule has 1 atom stereocenters. The van der Waals surface area contributed by atoms with E-state index in [0.29, 0.717) is 24.1 Å². The molecule has 0 radical (unpaired) electrons. The van der Waals surface area contributed by atoms with Crippen LogP contribution < -0.4 is 9.04 Å². The number of nitrogens with zero attached hydrogens (tertiary/aromatic N) is 2. The van der Waals surface area contributed by atoms with Crippen LogP contribution in [0.15, 0.2) is 52.3 Å². The second-order valence-electron chi connectivity index (χ2n) is 8.10. The van der Waals surface area contributed by atoms with Gasteiger partial charge in [-0.3, -0.25) is 4.31 Å². The Balaban J connectivity index is 1.46. The van der Waals surface area contributed by atoms with E-state index in [1.54, 1.807) is 23.9 Å². The topological polar surface area (TPSA) is 49.9 Å². The van der Waals surface area contributed by atoms with Gasteiger partial charge in [0.25, 0.3) is 10.0 Å². The second kappa shape index (κ2) is 9.20. The molecule has 2 heterocycles. The summed E-state index contributed by atoms with van der Waals surface area (Å²) in [6.07, 6.45) is 3.55. The van der Waals surface area contributed by atoms with Crippen LogP contribution in [0.1, 0.15) is 31.7 Å². The smallest absolute Gasteiger partial charge is 0.264 e. The average Bonchev–Trinajstić information content (AvgIpc) is 3.15. The molecule has 1 saturated heterocycles. The maximum Gasteiger partial charge on any atom is 0.264 e. The van der Waals surface area contributed by atoms with Crippen molar-refractivity contribution in [3.63, 3.8) is 0 Å². The molecule has 0 aliphatic carbocycles. The Morgan fingerprint density at radius 1 is 1.13 bits per heavy atom. The minimum Gasteiger partial charge on any atom is -0.493 e. The molecule has 0 unspecified atom stereocenters. The van der Waals surface area contributed by atoms with Crippen molar-refractivity contribution in [2.75, 3.05) is 36.3 Å². The molecule has 0 N–H and O–H groups in total. The summed E-state index contributed by atoms with van der Waals surface area (Å²) in [6.45, 7) is 7.58. The molecule has 7 heteroatoms. The van der Waals surface area contributed by atoms with E-state index < -0.39 is 10.0 Å². The number of hydrogen-bond donors (Lipinski definition) is 0. The molecule has 0 spiro atoms. The van der Waals surface area contributed by atoms with Crippen molar-refractivity contribution in [1.82, 2.24) is 4.90 Å². The maximum atomic E-state index is 13.3. The van der Waals surface area contributed by atoms with Crippen LogP contribution in [0.2, 0.25) is 0 Å². The molecule has 4 rings (SSSR count). The second-order valence-corrected chi connectivity index (χ2v) is 11.1. The third kappa shape index (κ3) is 4.63. The largest absolute Gasteiger partial charge is 0.493 e. The van der Waals surface area contributed by atoms with E-state index in [-0.39, 0.29) is 0 Å². The zero-order chi connectivity index (χ0) is 21.1. The quantitative estimate of drug-likeness (QED) is 0.584. The lowest BCUT2D eigenvalue weighted by atomic mass is 10.2. The van der Waals surface area contributed by atoms with Crippen molar-refractivity contribution >= 4 is 27.5 Å². The molecule has 30 heavy (non-hydrogen) atoms. The van der Waals surface area contributed by atoms with Crippen LogP contribution in [-0.2, 0) is 10.0 Å². The van der Waals surface area contributed by atoms with Crippen LogP contribution >= 0.6 is 11.8 Å². The number of sulfonamides is 1. The molecule has 5 nitrogen and oxygen atoms in total. The number of fused-ring (bicyclic) bond motifs is 1. The van der Waals surface area contributed by atoms with Gasteiger partial charge in [-0.1, -0.05) is 17.7 Å². The summed E-state index contributed by atoms with van der Waals surface area (Å²) >= 11 is 1.69. The van der Waals surface area contributed by atoms with Crippen molar-refractivity contribution in [3.8, 4) is 5.75 Å². The summed E-state index contributed by atoms with van der Waals surface area (Å²) in [6, 6.07) is 13.5. The highest BCUT2D eigenvalue weighted by Gasteiger charge is 2.30. The number of thioether (sulfide) groups is 1. The van der Waals surface area contributed by atoms with Gasteiger partial charge in [0.05, 0.1) is 17.2 Å². The van der Waals surface area contributed by atoms with Crippen LogP contribution in [0.25, 0.3) is 0 Å². The molecule has 0 bridgehead atoms. The summed E-state index contributed by atoms with van der Waals surface area (Å²) in [5.41, 5.74) is 1.76. The van der Waals surface area contributed by atoms with E-state index in [4.69, 9.17) is 4.74 Å². The van der Waals surface area contributed by atoms with Gasteiger partial charge in [-0.05, 0) is 63.9 Å². The lowest BCUT2D eigenvalue weighted by Gasteiger charge is -2.30. The first-order valence-corrected chi connectivity index (χ1v) is 13.1. The number of aryl methyl sites for hydroxylation is 1. The van der Waals surface area contributed by atoms with Gasteiger partial charge in [0.1, 0.15) is 5.75 Å². The Kier molecular flexibility index (Phi) is 6.60. The first-order valence-electron chi connectivity index (χ1n) is 10.7. The number of likely N-dealkylation sites (tertiary alicyclic amines) is 1. The van der Waals surface area contributed by atoms with Gasteiger partial charge in [-0.15, -0.1) is 11.8 Å². The van der Waals surface area contributed by atoms with E-state index in [2.05, 4.69) is 11.8 Å². The fraction of sp³-hybridized carbons (Fsp3) is 0.478. The van der Waals surface area contributed by atoms with Gasteiger partial charge < -0.3 is 9.64 Å². The first-order chi connectivity index (χ1) is 14.4. The summed E-state index contributed by atoms with van der Waals surface area (Å²) in [4.78, 5) is 3.83. The van der Waals surface area contributed by atoms with Gasteiger partial charge in [-0.25, -0.2) is 8.42 Å². The standard InChI is InChI=1S/C23H30N2O3S2/c1-18-6-9-21(10-7-18)30(26,27)25-14-16-29-23-11-8-20(17-22(23)25)28-15-4-13-24-12-3-5-19(24)2/h6-11,17,19H,3-5,12-16H2,1-2H3/t19-/m0/s1. The summed E-state index contributed by atoms with van der Waals surface area (Å²) in [7, 11) is -3.59. The monoisotopic (exact) mass is 446 g/mol. The number of hydrogen-bond acceptors (Lipinski definition) is 5. The minimum atomic E-state index is -3.59. The lowest BCUT2D eigenvalue weighted by Crippen LogP contribution is -2.35. The van der Waals surface area contributed by atoms with Crippen molar-refractivity contribution < 1.29 is 13.2 Å². The average molecular weight is 447 g/mol. The molecule has 2 aromatic carbocycles. The predicted octanol–water partition coefficient (Wildman–Crippen LogP) is 4.55. The van der Waals surface area contributed by atoms with Crippen LogP contribution in [0.5, 0.6) is 5.75 Å². The van der Waals surface area contributed by atoms with Crippen molar-refractivity contribution in [1.29, 1.82) is 0 Å². The Bertz CT molecular complexity index is 976. The fourth-order valence-electron chi connectivity index (χ4n) is 4.13. The van der Waals surface area contributed by atoms with Crippen LogP contribution in [0, 0.1) is 6.92 Å². The molecule has 0 saturated carbocycles. The van der Waals surface area contributed by atoms with E-state index in [1.807, 2.05) is 37.3 Å². The maximum absolute atomic E-state index is 13.3. The normalized spacial score (nSPS) is 19.7. The highest BCUT2D eigenvalue weighted by atomic mass is 32.2. The summed E-state index contributed by atoms with van der Waals surface area (Å²) in [5.74, 6) is 1.47. The Morgan fingerprint density at radius 2 is 1.93 bits per heavy atom. The molecule has 0 aromatic heterocycles. The molecule has 0 amide bonds. The highest BCUT2D eigenvalue weighted by molar-refractivity contribution is 8.00. The molecular weight excluding hydrogens is 416 g/mol. The molecule has 2 aromatic rings. The van der Waals surface area contributed by atoms with Crippen LogP contribution in [-0.4, -0.2) is 51.4 Å². The van der Waals surface area contributed by atoms with Crippen molar-refractivity contribution in [2.24, 2.45) is 0 Å². The SMILES string of the molecule is Cc1ccc(S(=O)(=O)N2CCSc3ccc(OCCCN4CCC[C@@H]4C)cc32)cc1. The summed E-state index contributed by atoms with van der Waals surface area (Å²) in [5, 5.41) is 0. The fourth-order valence-corrected chi connectivity index (χ4v) is 6.76. The third-order valence-corrected chi connectivity index (χ3v) is 8.78. The van der Waals surface area contributed by atoms with E-state index in [1.165, 1.54) is 23.7 Å². The van der Waals surface area contributed by atoms with Crippen molar-refractivity contribution in [3.05, 3.63) is 48.0 Å². The number of ether oxygens (including phenoxy) is 1. The lowest BCUT2D eigenvalue weighted by molar-refractivity contribution is 0.230. The molecule has 1 fully saturated rings. The third-order valence-electron chi connectivity index (χ3n) is 5.91. The number of benzene rings is 2. The molecule has 2 aliphatic heterocycles. The molecule has 162 valence electrons. The Labute approximate surface area is 184 Å². The van der Waals surface area contributed by atoms with Crippen molar-refractivity contribution in [2.45, 2.75) is 48.9 Å². The van der Waals surface area contributed by atoms with Gasteiger partial charge in [0.2, 0.25) is 0 Å². The summed E-state index contributed by atoms with van der Waals surface area (Å²) < 4.78 is 34.1. The highest BCUT2D eigenvalue weighted by Crippen LogP contribution is 2.40. The Morgan fingerprint density at radius 3 is 2.67 bits per heavy atom. The van der Waals surface area contributed by atoms with E-state index in [0.717, 1.165) is 40.6 Å². The number of rotatable bonds is 7. The van der Waals surface area contributed by atoms with Gasteiger partial charge >= 0.3 is 0 Å². The van der Waals surface area contributed by atoms with E-state index >= 15 is 0 Å². The minimum absolute atomic E-state index is 0.331. The molecule has 2 aliphatic rings. The Hall–Kier alpha value is -1.70.